The van der Waals surface area contributed by atoms with Crippen molar-refractivity contribution in [3.05, 3.63) is 53.1 Å². The van der Waals surface area contributed by atoms with E-state index in [-0.39, 0.29) is 0 Å². The summed E-state index contributed by atoms with van der Waals surface area (Å²) in [6.45, 7) is 2.03. The van der Waals surface area contributed by atoms with E-state index < -0.39 is 0 Å². The van der Waals surface area contributed by atoms with Gasteiger partial charge >= 0.3 is 0 Å². The number of hydrogen-bond donors (Lipinski definition) is 2. The molecule has 16 heavy (non-hydrogen) atoms. The third-order valence-corrected chi connectivity index (χ3v) is 2.66. The van der Waals surface area contributed by atoms with Crippen molar-refractivity contribution < 1.29 is 0 Å². The minimum atomic E-state index is 0.711. The highest BCUT2D eigenvalue weighted by molar-refractivity contribution is 6.30. The lowest BCUT2D eigenvalue weighted by Crippen LogP contribution is -1.97. The molecule has 3 heteroatoms. The predicted octanol–water partition coefficient (Wildman–Crippen LogP) is 3.97. The Morgan fingerprint density at radius 2 is 1.81 bits per heavy atom. The highest BCUT2D eigenvalue weighted by atomic mass is 35.5. The first-order chi connectivity index (χ1) is 7.66. The SMILES string of the molecule is Cc1ccc(Cl)cc1Nc1ccccc1N. The molecule has 2 aromatic carbocycles. The van der Waals surface area contributed by atoms with Crippen molar-refractivity contribution in [3.8, 4) is 0 Å². The van der Waals surface area contributed by atoms with Crippen molar-refractivity contribution in [2.45, 2.75) is 6.92 Å². The number of nitrogens with one attached hydrogen (secondary N) is 1. The Bertz CT molecular complexity index is 509. The maximum absolute atomic E-state index is 5.95. The first-order valence-corrected chi connectivity index (χ1v) is 5.42. The van der Waals surface area contributed by atoms with Crippen LogP contribution in [0.5, 0.6) is 0 Å². The Kier molecular flexibility index (Phi) is 3.02. The first kappa shape index (κ1) is 10.8. The van der Waals surface area contributed by atoms with Gasteiger partial charge in [0.1, 0.15) is 0 Å². The number of rotatable bonds is 2. The molecule has 0 unspecified atom stereocenters. The van der Waals surface area contributed by atoms with Crippen molar-refractivity contribution in [2.75, 3.05) is 11.1 Å². The van der Waals surface area contributed by atoms with Gasteiger partial charge in [0.15, 0.2) is 0 Å². The number of benzene rings is 2. The van der Waals surface area contributed by atoms with Gasteiger partial charge in [-0.1, -0.05) is 29.8 Å². The van der Waals surface area contributed by atoms with Gasteiger partial charge in [-0.25, -0.2) is 0 Å². The number of aryl methyl sites for hydroxylation is 1. The van der Waals surface area contributed by atoms with Crippen LogP contribution in [0.25, 0.3) is 0 Å². The molecule has 0 heterocycles. The van der Waals surface area contributed by atoms with E-state index in [0.717, 1.165) is 22.6 Å². The van der Waals surface area contributed by atoms with Gasteiger partial charge in [0.2, 0.25) is 0 Å². The van der Waals surface area contributed by atoms with E-state index in [1.807, 2.05) is 49.4 Å². The van der Waals surface area contributed by atoms with Gasteiger partial charge in [0.05, 0.1) is 11.4 Å². The van der Waals surface area contributed by atoms with Crippen molar-refractivity contribution in [1.29, 1.82) is 0 Å². The lowest BCUT2D eigenvalue weighted by atomic mass is 10.2. The van der Waals surface area contributed by atoms with Crippen molar-refractivity contribution in [3.63, 3.8) is 0 Å². The van der Waals surface area contributed by atoms with E-state index in [9.17, 15) is 0 Å². The lowest BCUT2D eigenvalue weighted by Gasteiger charge is -2.11. The second kappa shape index (κ2) is 4.45. The van der Waals surface area contributed by atoms with E-state index in [0.29, 0.717) is 5.02 Å². The van der Waals surface area contributed by atoms with Gasteiger partial charge in [0.25, 0.3) is 0 Å². The molecule has 82 valence electrons. The Balaban J connectivity index is 2.34. The monoisotopic (exact) mass is 232 g/mol. The molecule has 0 radical (unpaired) electrons. The van der Waals surface area contributed by atoms with Crippen LogP contribution in [0.2, 0.25) is 5.02 Å². The molecule has 2 nitrogen and oxygen atoms in total. The number of nitrogens with two attached hydrogens (primary N) is 1. The Morgan fingerprint density at radius 1 is 1.06 bits per heavy atom. The topological polar surface area (TPSA) is 38.0 Å². The molecular weight excluding hydrogens is 220 g/mol. The van der Waals surface area contributed by atoms with Gasteiger partial charge in [0, 0.05) is 10.7 Å². The second-order valence-corrected chi connectivity index (χ2v) is 4.11. The van der Waals surface area contributed by atoms with Crippen molar-refractivity contribution in [2.24, 2.45) is 0 Å². The zero-order valence-corrected chi connectivity index (χ0v) is 9.75. The smallest absolute Gasteiger partial charge is 0.0617 e. The largest absolute Gasteiger partial charge is 0.397 e. The Hall–Kier alpha value is -1.67. The fourth-order valence-electron chi connectivity index (χ4n) is 1.48. The first-order valence-electron chi connectivity index (χ1n) is 5.04. The van der Waals surface area contributed by atoms with Gasteiger partial charge in [-0.05, 0) is 36.8 Å². The maximum atomic E-state index is 5.95. The molecule has 0 amide bonds. The standard InChI is InChI=1S/C13H13ClN2/c1-9-6-7-10(14)8-13(9)16-12-5-3-2-4-11(12)15/h2-8,16H,15H2,1H3. The van der Waals surface area contributed by atoms with E-state index in [1.165, 1.54) is 0 Å². The van der Waals surface area contributed by atoms with E-state index in [1.54, 1.807) is 0 Å². The molecule has 2 aromatic rings. The minimum Gasteiger partial charge on any atom is -0.397 e. The molecule has 0 saturated carbocycles. The third-order valence-electron chi connectivity index (χ3n) is 2.43. The van der Waals surface area contributed by atoms with E-state index in [4.69, 9.17) is 17.3 Å². The van der Waals surface area contributed by atoms with Crippen LogP contribution in [0.1, 0.15) is 5.56 Å². The van der Waals surface area contributed by atoms with Crippen LogP contribution in [0.4, 0.5) is 17.1 Å². The summed E-state index contributed by atoms with van der Waals surface area (Å²) < 4.78 is 0. The molecule has 0 bridgehead atoms. The van der Waals surface area contributed by atoms with Crippen LogP contribution in [0.3, 0.4) is 0 Å². The zero-order chi connectivity index (χ0) is 11.5. The second-order valence-electron chi connectivity index (χ2n) is 3.67. The van der Waals surface area contributed by atoms with Gasteiger partial charge < -0.3 is 11.1 Å². The van der Waals surface area contributed by atoms with E-state index >= 15 is 0 Å². The molecule has 3 N–H and O–H groups in total. The zero-order valence-electron chi connectivity index (χ0n) is 9.00. The molecule has 0 aliphatic rings. The quantitative estimate of drug-likeness (QED) is 0.769. The van der Waals surface area contributed by atoms with Gasteiger partial charge in [-0.3, -0.25) is 0 Å². The summed E-state index contributed by atoms with van der Waals surface area (Å²) in [6.07, 6.45) is 0. The van der Waals surface area contributed by atoms with Crippen LogP contribution in [0, 0.1) is 6.92 Å². The summed E-state index contributed by atoms with van der Waals surface area (Å²) in [5.74, 6) is 0. The van der Waals surface area contributed by atoms with Crippen LogP contribution in [-0.4, -0.2) is 0 Å². The maximum Gasteiger partial charge on any atom is 0.0617 e. The summed E-state index contributed by atoms with van der Waals surface area (Å²) in [5.41, 5.74) is 9.59. The summed E-state index contributed by atoms with van der Waals surface area (Å²) in [7, 11) is 0. The highest BCUT2D eigenvalue weighted by Gasteiger charge is 2.02. The molecule has 0 saturated heterocycles. The Morgan fingerprint density at radius 3 is 2.56 bits per heavy atom. The van der Waals surface area contributed by atoms with Crippen LogP contribution in [-0.2, 0) is 0 Å². The minimum absolute atomic E-state index is 0.711. The number of hydrogen-bond acceptors (Lipinski definition) is 2. The third kappa shape index (κ3) is 2.28. The average molecular weight is 233 g/mol. The summed E-state index contributed by atoms with van der Waals surface area (Å²) in [6, 6.07) is 13.4. The average Bonchev–Trinajstić information content (AvgIpc) is 2.27. The summed E-state index contributed by atoms with van der Waals surface area (Å²) >= 11 is 5.95. The molecular formula is C13H13ClN2. The molecule has 0 atom stereocenters. The van der Waals surface area contributed by atoms with Crippen LogP contribution >= 0.6 is 11.6 Å². The van der Waals surface area contributed by atoms with Gasteiger partial charge in [-0.2, -0.15) is 0 Å². The summed E-state index contributed by atoms with van der Waals surface area (Å²) in [4.78, 5) is 0. The van der Waals surface area contributed by atoms with Crippen LogP contribution < -0.4 is 11.1 Å². The Labute approximate surface area is 100 Å². The predicted molar refractivity (Wildman–Crippen MR) is 70.3 cm³/mol. The lowest BCUT2D eigenvalue weighted by molar-refractivity contribution is 1.43. The molecule has 0 fully saturated rings. The van der Waals surface area contributed by atoms with Crippen LogP contribution in [0.15, 0.2) is 42.5 Å². The summed E-state index contributed by atoms with van der Waals surface area (Å²) in [5, 5.41) is 3.98. The van der Waals surface area contributed by atoms with Crippen molar-refractivity contribution >= 4 is 28.7 Å². The molecule has 0 aliphatic heterocycles. The molecule has 2 rings (SSSR count). The number of nitrogen functional groups attached to an aromatic ring is 1. The number of para-hydroxylation sites is 2. The fraction of sp³-hybridized carbons (Fsp3) is 0.0769. The van der Waals surface area contributed by atoms with Crippen molar-refractivity contribution in [1.82, 2.24) is 0 Å². The molecule has 0 aliphatic carbocycles. The normalized spacial score (nSPS) is 10.1. The number of anilines is 3. The fourth-order valence-corrected chi connectivity index (χ4v) is 1.66. The van der Waals surface area contributed by atoms with E-state index in [2.05, 4.69) is 5.32 Å². The van der Waals surface area contributed by atoms with Gasteiger partial charge in [-0.15, -0.1) is 0 Å². The number of halogens is 1. The molecule has 0 aromatic heterocycles. The highest BCUT2D eigenvalue weighted by Crippen LogP contribution is 2.26. The molecule has 0 spiro atoms.